The highest BCUT2D eigenvalue weighted by atomic mass is 35.5. The van der Waals surface area contributed by atoms with Gasteiger partial charge >= 0.3 is 5.82 Å². The SMILES string of the molecule is CC(c1ccccc1)n1cc(Cl)c([N+](=O)[O-])n1. The molecule has 0 saturated heterocycles. The van der Waals surface area contributed by atoms with Crippen molar-refractivity contribution in [2.75, 3.05) is 0 Å². The summed E-state index contributed by atoms with van der Waals surface area (Å²) in [6, 6.07) is 9.51. The summed E-state index contributed by atoms with van der Waals surface area (Å²) < 4.78 is 1.50. The highest BCUT2D eigenvalue weighted by Gasteiger charge is 2.22. The first kappa shape index (κ1) is 11.6. The molecule has 0 aliphatic rings. The first-order valence-electron chi connectivity index (χ1n) is 5.03. The summed E-state index contributed by atoms with van der Waals surface area (Å²) in [7, 11) is 0. The second kappa shape index (κ2) is 4.55. The van der Waals surface area contributed by atoms with Gasteiger partial charge in [0.1, 0.15) is 0 Å². The molecule has 2 rings (SSSR count). The Hall–Kier alpha value is -1.88. The van der Waals surface area contributed by atoms with Gasteiger partial charge in [-0.2, -0.15) is 4.68 Å². The van der Waals surface area contributed by atoms with Crippen LogP contribution in [0.4, 0.5) is 5.82 Å². The van der Waals surface area contributed by atoms with Crippen molar-refractivity contribution in [1.82, 2.24) is 9.78 Å². The van der Waals surface area contributed by atoms with Crippen molar-refractivity contribution >= 4 is 17.4 Å². The van der Waals surface area contributed by atoms with E-state index in [9.17, 15) is 10.1 Å². The van der Waals surface area contributed by atoms with Crippen molar-refractivity contribution in [3.05, 3.63) is 57.2 Å². The van der Waals surface area contributed by atoms with Crippen LogP contribution in [-0.4, -0.2) is 14.7 Å². The second-order valence-electron chi connectivity index (χ2n) is 3.62. The summed E-state index contributed by atoms with van der Waals surface area (Å²) in [5, 5.41) is 14.6. The molecular weight excluding hydrogens is 242 g/mol. The zero-order valence-corrected chi connectivity index (χ0v) is 9.83. The van der Waals surface area contributed by atoms with Gasteiger partial charge in [-0.1, -0.05) is 41.9 Å². The van der Waals surface area contributed by atoms with E-state index in [1.165, 1.54) is 10.9 Å². The van der Waals surface area contributed by atoms with Crippen LogP contribution in [-0.2, 0) is 0 Å². The van der Waals surface area contributed by atoms with E-state index < -0.39 is 4.92 Å². The molecule has 0 aliphatic heterocycles. The molecule has 88 valence electrons. The third-order valence-corrected chi connectivity index (χ3v) is 2.79. The van der Waals surface area contributed by atoms with E-state index >= 15 is 0 Å². The van der Waals surface area contributed by atoms with E-state index in [0.29, 0.717) is 0 Å². The van der Waals surface area contributed by atoms with Crippen LogP contribution < -0.4 is 0 Å². The first-order chi connectivity index (χ1) is 8.09. The fourth-order valence-corrected chi connectivity index (χ4v) is 1.77. The quantitative estimate of drug-likeness (QED) is 0.622. The number of halogens is 1. The van der Waals surface area contributed by atoms with E-state index in [2.05, 4.69) is 5.10 Å². The van der Waals surface area contributed by atoms with E-state index in [1.807, 2.05) is 37.3 Å². The average molecular weight is 252 g/mol. The molecule has 0 fully saturated rings. The number of hydrogen-bond donors (Lipinski definition) is 0. The Morgan fingerprint density at radius 1 is 1.41 bits per heavy atom. The monoisotopic (exact) mass is 251 g/mol. The summed E-state index contributed by atoms with van der Waals surface area (Å²) in [4.78, 5) is 10.1. The molecule has 0 radical (unpaired) electrons. The molecule has 1 unspecified atom stereocenters. The van der Waals surface area contributed by atoms with Crippen molar-refractivity contribution in [2.45, 2.75) is 13.0 Å². The zero-order chi connectivity index (χ0) is 12.4. The van der Waals surface area contributed by atoms with Gasteiger partial charge in [0.05, 0.1) is 17.3 Å². The maximum absolute atomic E-state index is 10.6. The molecule has 0 bridgehead atoms. The van der Waals surface area contributed by atoms with E-state index in [-0.39, 0.29) is 16.9 Å². The molecule has 17 heavy (non-hydrogen) atoms. The lowest BCUT2D eigenvalue weighted by molar-refractivity contribution is -0.389. The van der Waals surface area contributed by atoms with Crippen LogP contribution in [0.15, 0.2) is 36.5 Å². The maximum atomic E-state index is 10.6. The molecule has 0 amide bonds. The summed E-state index contributed by atoms with van der Waals surface area (Å²) in [6.45, 7) is 1.91. The Kier molecular flexibility index (Phi) is 3.10. The third kappa shape index (κ3) is 2.29. The highest BCUT2D eigenvalue weighted by molar-refractivity contribution is 6.32. The fraction of sp³-hybridized carbons (Fsp3) is 0.182. The van der Waals surface area contributed by atoms with Gasteiger partial charge in [0, 0.05) is 0 Å². The topological polar surface area (TPSA) is 61.0 Å². The molecule has 1 atom stereocenters. The van der Waals surface area contributed by atoms with Gasteiger partial charge in [0.2, 0.25) is 0 Å². The van der Waals surface area contributed by atoms with E-state index in [0.717, 1.165) is 5.56 Å². The van der Waals surface area contributed by atoms with Crippen LogP contribution in [0.3, 0.4) is 0 Å². The second-order valence-corrected chi connectivity index (χ2v) is 4.03. The van der Waals surface area contributed by atoms with Gasteiger partial charge in [-0.05, 0) is 17.4 Å². The lowest BCUT2D eigenvalue weighted by Gasteiger charge is -2.08. The number of aromatic nitrogens is 2. The Morgan fingerprint density at radius 3 is 2.59 bits per heavy atom. The standard InChI is InChI=1S/C11H10ClN3O2/c1-8(9-5-3-2-4-6-9)14-7-10(12)11(13-14)15(16)17/h2-8H,1H3. The lowest BCUT2D eigenvalue weighted by atomic mass is 10.1. The Bertz CT molecular complexity index is 539. The summed E-state index contributed by atoms with van der Waals surface area (Å²) >= 11 is 5.75. The predicted octanol–water partition coefficient (Wildman–Crippen LogP) is 3.05. The molecule has 6 heteroatoms. The van der Waals surface area contributed by atoms with Crippen molar-refractivity contribution < 1.29 is 4.92 Å². The molecule has 1 heterocycles. The van der Waals surface area contributed by atoms with Gasteiger partial charge in [0.15, 0.2) is 5.02 Å². The smallest absolute Gasteiger partial charge is 0.358 e. The van der Waals surface area contributed by atoms with Crippen LogP contribution in [0.25, 0.3) is 0 Å². The molecule has 1 aromatic carbocycles. The van der Waals surface area contributed by atoms with Gasteiger partial charge < -0.3 is 10.1 Å². The largest absolute Gasteiger partial charge is 0.408 e. The van der Waals surface area contributed by atoms with Crippen LogP contribution >= 0.6 is 11.6 Å². The predicted molar refractivity (Wildman–Crippen MR) is 64.1 cm³/mol. The van der Waals surface area contributed by atoms with Gasteiger partial charge in [-0.25, -0.2) is 0 Å². The van der Waals surface area contributed by atoms with Gasteiger partial charge in [0.25, 0.3) is 0 Å². The fourth-order valence-electron chi connectivity index (χ4n) is 1.57. The molecule has 0 saturated carbocycles. The minimum atomic E-state index is -0.587. The van der Waals surface area contributed by atoms with E-state index in [1.54, 1.807) is 0 Å². The minimum Gasteiger partial charge on any atom is -0.358 e. The first-order valence-corrected chi connectivity index (χ1v) is 5.41. The Labute approximate surface area is 103 Å². The van der Waals surface area contributed by atoms with Crippen molar-refractivity contribution in [3.8, 4) is 0 Å². The van der Waals surface area contributed by atoms with Crippen LogP contribution in [0, 0.1) is 10.1 Å². The number of hydrogen-bond acceptors (Lipinski definition) is 3. The lowest BCUT2D eigenvalue weighted by Crippen LogP contribution is -2.07. The van der Waals surface area contributed by atoms with Crippen LogP contribution in [0.2, 0.25) is 5.02 Å². The Balaban J connectivity index is 2.35. The van der Waals surface area contributed by atoms with Crippen molar-refractivity contribution in [1.29, 1.82) is 0 Å². The maximum Gasteiger partial charge on any atom is 0.408 e. The normalized spacial score (nSPS) is 12.4. The summed E-state index contributed by atoms with van der Waals surface area (Å²) in [5.41, 5.74) is 1.02. The summed E-state index contributed by atoms with van der Waals surface area (Å²) in [6.07, 6.45) is 1.47. The third-order valence-electron chi connectivity index (χ3n) is 2.52. The number of nitrogens with zero attached hydrogens (tertiary/aromatic N) is 3. The minimum absolute atomic E-state index is 0.0535. The van der Waals surface area contributed by atoms with E-state index in [4.69, 9.17) is 11.6 Å². The molecule has 2 aromatic rings. The molecule has 1 aromatic heterocycles. The molecule has 5 nitrogen and oxygen atoms in total. The number of nitro groups is 1. The van der Waals surface area contributed by atoms with Crippen molar-refractivity contribution in [3.63, 3.8) is 0 Å². The highest BCUT2D eigenvalue weighted by Crippen LogP contribution is 2.25. The molecule has 0 N–H and O–H groups in total. The zero-order valence-electron chi connectivity index (χ0n) is 9.08. The summed E-state index contributed by atoms with van der Waals surface area (Å²) in [5.74, 6) is -0.311. The van der Waals surface area contributed by atoms with Crippen LogP contribution in [0.1, 0.15) is 18.5 Å². The Morgan fingerprint density at radius 2 is 2.06 bits per heavy atom. The molecular formula is C11H10ClN3O2. The molecule has 0 spiro atoms. The molecule has 0 aliphatic carbocycles. The average Bonchev–Trinajstić information content (AvgIpc) is 2.71. The van der Waals surface area contributed by atoms with Crippen molar-refractivity contribution in [2.24, 2.45) is 0 Å². The van der Waals surface area contributed by atoms with Crippen LogP contribution in [0.5, 0.6) is 0 Å². The number of rotatable bonds is 3. The van der Waals surface area contributed by atoms with Gasteiger partial charge in [-0.15, -0.1) is 0 Å². The number of benzene rings is 1. The van der Waals surface area contributed by atoms with Gasteiger partial charge in [-0.3, -0.25) is 0 Å².